The van der Waals surface area contributed by atoms with Crippen molar-refractivity contribution in [2.24, 2.45) is 0 Å². The Labute approximate surface area is 158 Å². The number of nitrogens with zero attached hydrogens (tertiary/aromatic N) is 2. The number of hydrogen-bond donors (Lipinski definition) is 2. The fraction of sp³-hybridized carbons (Fsp3) is 0.350. The molecular formula is C20H23ClN4O. The maximum atomic E-state index is 12.5. The van der Waals surface area contributed by atoms with Crippen molar-refractivity contribution in [3.63, 3.8) is 0 Å². The lowest BCUT2D eigenvalue weighted by molar-refractivity contribution is 0.102. The molecule has 1 aliphatic rings. The van der Waals surface area contributed by atoms with Crippen LogP contribution in [0.4, 0.5) is 11.5 Å². The van der Waals surface area contributed by atoms with Crippen LogP contribution < -0.4 is 10.6 Å². The van der Waals surface area contributed by atoms with E-state index >= 15 is 0 Å². The summed E-state index contributed by atoms with van der Waals surface area (Å²) in [4.78, 5) is 21.1. The van der Waals surface area contributed by atoms with Crippen LogP contribution in [-0.2, 0) is 0 Å². The van der Waals surface area contributed by atoms with E-state index < -0.39 is 0 Å². The molecule has 0 aliphatic heterocycles. The van der Waals surface area contributed by atoms with Crippen LogP contribution in [0, 0.1) is 6.92 Å². The summed E-state index contributed by atoms with van der Waals surface area (Å²) >= 11 is 5.87. The molecule has 1 amide bonds. The molecule has 0 saturated heterocycles. The second-order valence-electron chi connectivity index (χ2n) is 6.43. The predicted molar refractivity (Wildman–Crippen MR) is 106 cm³/mol. The van der Waals surface area contributed by atoms with Gasteiger partial charge in [-0.2, -0.15) is 0 Å². The molecule has 1 aromatic carbocycles. The number of aromatic nitrogens is 2. The van der Waals surface area contributed by atoms with Gasteiger partial charge in [0.2, 0.25) is 0 Å². The first-order valence-electron chi connectivity index (χ1n) is 8.94. The third-order valence-electron chi connectivity index (χ3n) is 4.31. The van der Waals surface area contributed by atoms with Gasteiger partial charge in [0.05, 0.1) is 0 Å². The van der Waals surface area contributed by atoms with Crippen LogP contribution in [0.2, 0.25) is 5.02 Å². The summed E-state index contributed by atoms with van der Waals surface area (Å²) < 4.78 is 0. The molecule has 5 nitrogen and oxygen atoms in total. The zero-order valence-electron chi connectivity index (χ0n) is 14.9. The molecule has 136 valence electrons. The molecule has 0 radical (unpaired) electrons. The lowest BCUT2D eigenvalue weighted by Gasteiger charge is -2.13. The number of carbonyl (C=O) groups excluding carboxylic acids is 1. The number of aryl methyl sites for hydroxylation is 1. The Bertz CT molecular complexity index is 802. The number of nitrogens with one attached hydrogen (secondary N) is 2. The summed E-state index contributed by atoms with van der Waals surface area (Å²) in [7, 11) is 0. The number of rotatable bonds is 6. The standard InChI is InChI=1S/C20H23ClN4O/c1-14-23-18(20(26)25-17-9-7-16(21)8-10-17)13-19(24-14)22-12-11-15-5-3-2-4-6-15/h5,7-10,13H,2-4,6,11-12H2,1H3,(H,25,26)(H,22,23,24). The monoisotopic (exact) mass is 370 g/mol. The van der Waals surface area contributed by atoms with Gasteiger partial charge >= 0.3 is 0 Å². The van der Waals surface area contributed by atoms with Crippen molar-refractivity contribution < 1.29 is 4.79 Å². The van der Waals surface area contributed by atoms with Crippen LogP contribution in [0.15, 0.2) is 42.0 Å². The Balaban J connectivity index is 1.61. The number of halogens is 1. The fourth-order valence-corrected chi connectivity index (χ4v) is 3.11. The zero-order chi connectivity index (χ0) is 18.4. The molecule has 3 rings (SSSR count). The van der Waals surface area contributed by atoms with Crippen LogP contribution in [0.25, 0.3) is 0 Å². The molecule has 2 N–H and O–H groups in total. The molecule has 0 bridgehead atoms. The molecule has 0 saturated carbocycles. The van der Waals surface area contributed by atoms with Crippen molar-refractivity contribution in [2.75, 3.05) is 17.2 Å². The molecule has 1 aromatic heterocycles. The third kappa shape index (κ3) is 5.30. The minimum absolute atomic E-state index is 0.268. The molecule has 0 spiro atoms. The van der Waals surface area contributed by atoms with Crippen LogP contribution in [0.1, 0.15) is 48.4 Å². The number of hydrogen-bond acceptors (Lipinski definition) is 4. The van der Waals surface area contributed by atoms with Crippen molar-refractivity contribution in [3.8, 4) is 0 Å². The van der Waals surface area contributed by atoms with Gasteiger partial charge in [-0.15, -0.1) is 0 Å². The SMILES string of the molecule is Cc1nc(NCCC2=CCCCC2)cc(C(=O)Nc2ccc(Cl)cc2)n1. The van der Waals surface area contributed by atoms with Crippen LogP contribution >= 0.6 is 11.6 Å². The van der Waals surface area contributed by atoms with E-state index in [0.29, 0.717) is 28.0 Å². The van der Waals surface area contributed by atoms with E-state index in [0.717, 1.165) is 13.0 Å². The minimum Gasteiger partial charge on any atom is -0.370 e. The summed E-state index contributed by atoms with van der Waals surface area (Å²) in [6, 6.07) is 8.66. The average molecular weight is 371 g/mol. The van der Waals surface area contributed by atoms with Crippen molar-refractivity contribution in [3.05, 3.63) is 58.5 Å². The second kappa shape index (κ2) is 8.81. The number of carbonyl (C=O) groups is 1. The van der Waals surface area contributed by atoms with Gasteiger partial charge in [0.25, 0.3) is 5.91 Å². The highest BCUT2D eigenvalue weighted by Gasteiger charge is 2.11. The van der Waals surface area contributed by atoms with Crippen molar-refractivity contribution >= 4 is 29.0 Å². The van der Waals surface area contributed by atoms with Gasteiger partial charge in [-0.25, -0.2) is 9.97 Å². The highest BCUT2D eigenvalue weighted by Crippen LogP contribution is 2.20. The molecule has 1 heterocycles. The quantitative estimate of drug-likeness (QED) is 0.702. The highest BCUT2D eigenvalue weighted by molar-refractivity contribution is 6.30. The van der Waals surface area contributed by atoms with E-state index in [-0.39, 0.29) is 5.91 Å². The number of anilines is 2. The van der Waals surface area contributed by atoms with Crippen LogP contribution in [0.5, 0.6) is 0 Å². The van der Waals surface area contributed by atoms with Gasteiger partial charge in [-0.1, -0.05) is 23.3 Å². The predicted octanol–water partition coefficient (Wildman–Crippen LogP) is 4.99. The highest BCUT2D eigenvalue weighted by atomic mass is 35.5. The van der Waals surface area contributed by atoms with Crippen LogP contribution in [-0.4, -0.2) is 22.4 Å². The van der Waals surface area contributed by atoms with Gasteiger partial charge in [-0.3, -0.25) is 4.79 Å². The smallest absolute Gasteiger partial charge is 0.274 e. The summed E-state index contributed by atoms with van der Waals surface area (Å²) in [5.74, 6) is 0.971. The number of amides is 1. The van der Waals surface area contributed by atoms with E-state index in [1.807, 2.05) is 0 Å². The van der Waals surface area contributed by atoms with Crippen molar-refractivity contribution in [1.82, 2.24) is 9.97 Å². The molecule has 0 unspecified atom stereocenters. The molecule has 1 aliphatic carbocycles. The molecule has 6 heteroatoms. The fourth-order valence-electron chi connectivity index (χ4n) is 2.99. The Hall–Kier alpha value is -2.40. The van der Waals surface area contributed by atoms with Crippen LogP contribution in [0.3, 0.4) is 0 Å². The Morgan fingerprint density at radius 3 is 2.73 bits per heavy atom. The summed E-state index contributed by atoms with van der Waals surface area (Å²) in [6.07, 6.45) is 8.33. The van der Waals surface area contributed by atoms with E-state index in [1.54, 1.807) is 37.3 Å². The van der Waals surface area contributed by atoms with Crippen molar-refractivity contribution in [2.45, 2.75) is 39.0 Å². The van der Waals surface area contributed by atoms with E-state index in [2.05, 4.69) is 26.7 Å². The van der Waals surface area contributed by atoms with Gasteiger partial charge in [0, 0.05) is 23.3 Å². The van der Waals surface area contributed by atoms with E-state index in [4.69, 9.17) is 11.6 Å². The molecule has 26 heavy (non-hydrogen) atoms. The lowest BCUT2D eigenvalue weighted by Crippen LogP contribution is -2.16. The Kier molecular flexibility index (Phi) is 6.23. The molecule has 0 atom stereocenters. The summed E-state index contributed by atoms with van der Waals surface area (Å²) in [6.45, 7) is 2.59. The number of allylic oxidation sites excluding steroid dienone is 1. The molecule has 0 fully saturated rings. The Morgan fingerprint density at radius 1 is 1.19 bits per heavy atom. The Morgan fingerprint density at radius 2 is 2.00 bits per heavy atom. The van der Waals surface area contributed by atoms with Gasteiger partial charge in [-0.05, 0) is 63.3 Å². The summed E-state index contributed by atoms with van der Waals surface area (Å²) in [5, 5.41) is 6.76. The topological polar surface area (TPSA) is 66.9 Å². The van der Waals surface area contributed by atoms with Gasteiger partial charge in [0.1, 0.15) is 17.3 Å². The third-order valence-corrected chi connectivity index (χ3v) is 4.56. The molecule has 2 aromatic rings. The van der Waals surface area contributed by atoms with E-state index in [9.17, 15) is 4.79 Å². The molecular weight excluding hydrogens is 348 g/mol. The first kappa shape index (κ1) is 18.4. The maximum absolute atomic E-state index is 12.5. The number of benzene rings is 1. The van der Waals surface area contributed by atoms with Crippen molar-refractivity contribution in [1.29, 1.82) is 0 Å². The van der Waals surface area contributed by atoms with E-state index in [1.165, 1.54) is 31.3 Å². The average Bonchev–Trinajstić information content (AvgIpc) is 2.64. The minimum atomic E-state index is -0.268. The second-order valence-corrected chi connectivity index (χ2v) is 6.87. The maximum Gasteiger partial charge on any atom is 0.274 e. The van der Waals surface area contributed by atoms with Gasteiger partial charge in [0.15, 0.2) is 0 Å². The summed E-state index contributed by atoms with van der Waals surface area (Å²) in [5.41, 5.74) is 2.52. The lowest BCUT2D eigenvalue weighted by atomic mass is 9.97. The van der Waals surface area contributed by atoms with Gasteiger partial charge < -0.3 is 10.6 Å². The normalized spacial score (nSPS) is 13.8. The largest absolute Gasteiger partial charge is 0.370 e. The first-order valence-corrected chi connectivity index (χ1v) is 9.32. The zero-order valence-corrected chi connectivity index (χ0v) is 15.6. The first-order chi connectivity index (χ1) is 12.6.